The molecule has 0 radical (unpaired) electrons. The predicted octanol–water partition coefficient (Wildman–Crippen LogP) is 4.34. The molecule has 1 unspecified atom stereocenters. The lowest BCUT2D eigenvalue weighted by atomic mass is 9.86. The van der Waals surface area contributed by atoms with Gasteiger partial charge in [-0.3, -0.25) is 4.79 Å². The molecule has 21 heavy (non-hydrogen) atoms. The fourth-order valence-electron chi connectivity index (χ4n) is 3.62. The van der Waals surface area contributed by atoms with Gasteiger partial charge in [0.05, 0.1) is 11.8 Å². The van der Waals surface area contributed by atoms with Crippen LogP contribution in [0.25, 0.3) is 0 Å². The van der Waals surface area contributed by atoms with Crippen LogP contribution in [0.2, 0.25) is 0 Å². The Kier molecular flexibility index (Phi) is 3.16. The third-order valence-corrected chi connectivity index (χ3v) is 4.56. The molecule has 1 atom stereocenters. The molecule has 0 fully saturated rings. The van der Waals surface area contributed by atoms with E-state index in [1.807, 2.05) is 19.2 Å². The van der Waals surface area contributed by atoms with E-state index in [9.17, 15) is 4.79 Å². The number of furan rings is 1. The molecule has 3 rings (SSSR count). The second kappa shape index (κ2) is 4.76. The van der Waals surface area contributed by atoms with Crippen molar-refractivity contribution < 1.29 is 9.21 Å². The van der Waals surface area contributed by atoms with Gasteiger partial charge in [-0.05, 0) is 41.0 Å². The normalized spacial score (nSPS) is 19.3. The zero-order valence-corrected chi connectivity index (χ0v) is 13.0. The Balaban J connectivity index is 2.05. The Morgan fingerprint density at radius 2 is 2.10 bits per heavy atom. The summed E-state index contributed by atoms with van der Waals surface area (Å²) in [5, 5.41) is 0. The first kappa shape index (κ1) is 13.9. The Bertz CT molecular complexity index is 671. The van der Waals surface area contributed by atoms with Gasteiger partial charge in [-0.25, -0.2) is 0 Å². The van der Waals surface area contributed by atoms with Gasteiger partial charge in [-0.2, -0.15) is 0 Å². The van der Waals surface area contributed by atoms with Crippen LogP contribution in [0, 0.1) is 0 Å². The van der Waals surface area contributed by atoms with Crippen LogP contribution in [0.5, 0.6) is 0 Å². The van der Waals surface area contributed by atoms with Crippen molar-refractivity contribution in [2.45, 2.75) is 38.5 Å². The second-order valence-electron chi connectivity index (χ2n) is 6.60. The van der Waals surface area contributed by atoms with Crippen LogP contribution < -0.4 is 4.90 Å². The van der Waals surface area contributed by atoms with Crippen molar-refractivity contribution in [3.63, 3.8) is 0 Å². The quantitative estimate of drug-likeness (QED) is 0.821. The highest BCUT2D eigenvalue weighted by molar-refractivity contribution is 6.06. The van der Waals surface area contributed by atoms with Crippen molar-refractivity contribution in [3.8, 4) is 0 Å². The topological polar surface area (TPSA) is 33.5 Å². The highest BCUT2D eigenvalue weighted by atomic mass is 16.3. The Morgan fingerprint density at radius 1 is 1.33 bits per heavy atom. The number of hydrogen-bond acceptors (Lipinski definition) is 2. The van der Waals surface area contributed by atoms with E-state index in [1.165, 1.54) is 23.7 Å². The number of fused-ring (bicyclic) bond motifs is 1. The second-order valence-corrected chi connectivity index (χ2v) is 6.60. The molecule has 0 bridgehead atoms. The Hall–Kier alpha value is -2.03. The predicted molar refractivity (Wildman–Crippen MR) is 83.9 cm³/mol. The lowest BCUT2D eigenvalue weighted by molar-refractivity contribution is 0.0992. The Labute approximate surface area is 125 Å². The summed E-state index contributed by atoms with van der Waals surface area (Å²) in [7, 11) is 1.84. The standard InChI is InChI=1S/C18H21NO2/c1-12-10-18(2,3)14-6-5-7-15(16(12)14)19(4)17(20)13-8-9-21-11-13/h5-9,11-12H,10H2,1-4H3. The summed E-state index contributed by atoms with van der Waals surface area (Å²) in [5.74, 6) is 0.430. The summed E-state index contributed by atoms with van der Waals surface area (Å²) < 4.78 is 5.02. The summed E-state index contributed by atoms with van der Waals surface area (Å²) in [6.07, 6.45) is 4.14. The number of benzene rings is 1. The molecule has 0 N–H and O–H groups in total. The van der Waals surface area contributed by atoms with Crippen molar-refractivity contribution in [1.82, 2.24) is 0 Å². The van der Waals surface area contributed by atoms with Crippen LogP contribution in [0.3, 0.4) is 0 Å². The summed E-state index contributed by atoms with van der Waals surface area (Å²) in [6.45, 7) is 6.79. The number of amides is 1. The highest BCUT2D eigenvalue weighted by Gasteiger charge is 2.37. The molecule has 2 aromatic rings. The van der Waals surface area contributed by atoms with Gasteiger partial charge in [0.25, 0.3) is 5.91 Å². The molecule has 0 spiro atoms. The molecule has 0 saturated heterocycles. The highest BCUT2D eigenvalue weighted by Crippen LogP contribution is 2.49. The van der Waals surface area contributed by atoms with E-state index in [2.05, 4.69) is 26.8 Å². The average Bonchev–Trinajstić information content (AvgIpc) is 3.05. The van der Waals surface area contributed by atoms with Gasteiger partial charge in [-0.1, -0.05) is 32.9 Å². The molecule has 1 aliphatic carbocycles. The van der Waals surface area contributed by atoms with Crippen molar-refractivity contribution in [2.75, 3.05) is 11.9 Å². The Morgan fingerprint density at radius 3 is 2.76 bits per heavy atom. The number of anilines is 1. The van der Waals surface area contributed by atoms with Crippen LogP contribution in [0.1, 0.15) is 54.6 Å². The summed E-state index contributed by atoms with van der Waals surface area (Å²) in [4.78, 5) is 14.3. The summed E-state index contributed by atoms with van der Waals surface area (Å²) >= 11 is 0. The molecular weight excluding hydrogens is 262 g/mol. The van der Waals surface area contributed by atoms with Crippen LogP contribution in [-0.4, -0.2) is 13.0 Å². The molecule has 1 aromatic heterocycles. The number of hydrogen-bond donors (Lipinski definition) is 0. The molecule has 0 saturated carbocycles. The lowest BCUT2D eigenvalue weighted by Crippen LogP contribution is -2.27. The van der Waals surface area contributed by atoms with Crippen LogP contribution in [0.15, 0.2) is 41.2 Å². The van der Waals surface area contributed by atoms with Gasteiger partial charge in [0.15, 0.2) is 0 Å². The van der Waals surface area contributed by atoms with Gasteiger partial charge < -0.3 is 9.32 Å². The average molecular weight is 283 g/mol. The molecule has 1 aromatic carbocycles. The smallest absolute Gasteiger partial charge is 0.261 e. The molecule has 1 amide bonds. The van der Waals surface area contributed by atoms with E-state index >= 15 is 0 Å². The maximum atomic E-state index is 12.5. The number of nitrogens with zero attached hydrogens (tertiary/aromatic N) is 1. The third-order valence-electron chi connectivity index (χ3n) is 4.56. The third kappa shape index (κ3) is 2.17. The van der Waals surface area contributed by atoms with E-state index in [0.717, 1.165) is 12.1 Å². The van der Waals surface area contributed by atoms with E-state index in [4.69, 9.17) is 4.42 Å². The molecule has 1 aliphatic rings. The summed E-state index contributed by atoms with van der Waals surface area (Å²) in [5.41, 5.74) is 4.43. The molecule has 110 valence electrons. The number of rotatable bonds is 2. The van der Waals surface area contributed by atoms with E-state index in [0.29, 0.717) is 11.5 Å². The zero-order chi connectivity index (χ0) is 15.2. The largest absolute Gasteiger partial charge is 0.472 e. The van der Waals surface area contributed by atoms with E-state index in [-0.39, 0.29) is 11.3 Å². The zero-order valence-electron chi connectivity index (χ0n) is 13.0. The van der Waals surface area contributed by atoms with E-state index < -0.39 is 0 Å². The molecule has 3 nitrogen and oxygen atoms in total. The van der Waals surface area contributed by atoms with E-state index in [1.54, 1.807) is 11.0 Å². The van der Waals surface area contributed by atoms with Crippen LogP contribution in [0.4, 0.5) is 5.69 Å². The van der Waals surface area contributed by atoms with Crippen LogP contribution >= 0.6 is 0 Å². The SMILES string of the molecule is CC1CC(C)(C)c2cccc(N(C)C(=O)c3ccoc3)c21. The van der Waals surface area contributed by atoms with Gasteiger partial charge in [0, 0.05) is 12.7 Å². The first-order chi connectivity index (χ1) is 9.92. The van der Waals surface area contributed by atoms with Crippen LogP contribution in [-0.2, 0) is 5.41 Å². The van der Waals surface area contributed by atoms with Gasteiger partial charge in [-0.15, -0.1) is 0 Å². The molecular formula is C18H21NO2. The maximum Gasteiger partial charge on any atom is 0.261 e. The van der Waals surface area contributed by atoms with Gasteiger partial charge in [0.2, 0.25) is 0 Å². The minimum Gasteiger partial charge on any atom is -0.472 e. The van der Waals surface area contributed by atoms with Crippen molar-refractivity contribution in [3.05, 3.63) is 53.5 Å². The number of carbonyl (C=O) groups is 1. The minimum atomic E-state index is -0.0333. The first-order valence-electron chi connectivity index (χ1n) is 7.35. The number of carbonyl (C=O) groups excluding carboxylic acids is 1. The molecule has 3 heteroatoms. The van der Waals surface area contributed by atoms with Crippen molar-refractivity contribution in [1.29, 1.82) is 0 Å². The van der Waals surface area contributed by atoms with Crippen molar-refractivity contribution in [2.24, 2.45) is 0 Å². The molecule has 1 heterocycles. The fraction of sp³-hybridized carbons (Fsp3) is 0.389. The first-order valence-corrected chi connectivity index (χ1v) is 7.35. The lowest BCUT2D eigenvalue weighted by Gasteiger charge is -2.23. The monoisotopic (exact) mass is 283 g/mol. The van der Waals surface area contributed by atoms with Gasteiger partial charge >= 0.3 is 0 Å². The summed E-state index contributed by atoms with van der Waals surface area (Å²) in [6, 6.07) is 7.98. The van der Waals surface area contributed by atoms with Crippen molar-refractivity contribution >= 4 is 11.6 Å². The van der Waals surface area contributed by atoms with Gasteiger partial charge in [0.1, 0.15) is 6.26 Å². The minimum absolute atomic E-state index is 0.0333. The maximum absolute atomic E-state index is 12.5. The molecule has 0 aliphatic heterocycles. The fourth-order valence-corrected chi connectivity index (χ4v) is 3.62.